The zero-order chi connectivity index (χ0) is 19.1. The van der Waals surface area contributed by atoms with E-state index in [1.807, 2.05) is 6.92 Å². The zero-order valence-corrected chi connectivity index (χ0v) is 14.8. The van der Waals surface area contributed by atoms with Gasteiger partial charge in [-0.15, -0.1) is 0 Å². The molecular formula is C19H15ClF3NO2. The predicted octanol–water partition coefficient (Wildman–Crippen LogP) is 5.53. The highest BCUT2D eigenvalue weighted by molar-refractivity contribution is 6.31. The molecule has 3 aromatic rings. The van der Waals surface area contributed by atoms with E-state index in [0.717, 1.165) is 34.3 Å². The lowest BCUT2D eigenvalue weighted by molar-refractivity contribution is -0.137. The quantitative estimate of drug-likeness (QED) is 0.606. The van der Waals surface area contributed by atoms with E-state index in [1.165, 1.54) is 13.2 Å². The molecule has 0 spiro atoms. The second-order valence-electron chi connectivity index (χ2n) is 5.96. The molecule has 1 aromatic heterocycles. The van der Waals surface area contributed by atoms with Gasteiger partial charge in [0, 0.05) is 28.0 Å². The number of fused-ring (bicyclic) bond motifs is 1. The Balaban J connectivity index is 2.03. The Labute approximate surface area is 152 Å². The fourth-order valence-electron chi connectivity index (χ4n) is 2.91. The molecule has 0 aliphatic rings. The molecule has 0 radical (unpaired) electrons. The van der Waals surface area contributed by atoms with Gasteiger partial charge in [0.2, 0.25) is 0 Å². The Morgan fingerprint density at radius 1 is 1.19 bits per heavy atom. The molecule has 0 saturated heterocycles. The summed E-state index contributed by atoms with van der Waals surface area (Å²) in [6, 6.07) is 8.46. The van der Waals surface area contributed by atoms with Gasteiger partial charge in [-0.25, -0.2) is 4.79 Å². The maximum atomic E-state index is 12.8. The molecule has 0 aliphatic carbocycles. The summed E-state index contributed by atoms with van der Waals surface area (Å²) in [5, 5.41) is 0.860. The molecule has 0 aliphatic heterocycles. The Morgan fingerprint density at radius 3 is 2.54 bits per heavy atom. The van der Waals surface area contributed by atoms with E-state index in [-0.39, 0.29) is 5.02 Å². The van der Waals surface area contributed by atoms with Crippen molar-refractivity contribution in [1.82, 2.24) is 4.98 Å². The summed E-state index contributed by atoms with van der Waals surface area (Å²) >= 11 is 6.08. The number of aromatic amines is 1. The molecule has 0 atom stereocenters. The number of halogens is 4. The predicted molar refractivity (Wildman–Crippen MR) is 93.6 cm³/mol. The van der Waals surface area contributed by atoms with Gasteiger partial charge in [0.25, 0.3) is 0 Å². The molecule has 1 N–H and O–H groups in total. The van der Waals surface area contributed by atoms with Crippen LogP contribution < -0.4 is 0 Å². The highest BCUT2D eigenvalue weighted by Gasteiger charge is 2.31. The molecule has 0 fully saturated rings. The minimum Gasteiger partial charge on any atom is -0.465 e. The van der Waals surface area contributed by atoms with Crippen LogP contribution in [0, 0.1) is 6.92 Å². The lowest BCUT2D eigenvalue weighted by Gasteiger charge is -2.10. The van der Waals surface area contributed by atoms with Crippen LogP contribution >= 0.6 is 11.6 Å². The van der Waals surface area contributed by atoms with E-state index >= 15 is 0 Å². The van der Waals surface area contributed by atoms with Crippen LogP contribution in [0.15, 0.2) is 36.4 Å². The number of H-pyrrole nitrogens is 1. The van der Waals surface area contributed by atoms with Gasteiger partial charge < -0.3 is 9.72 Å². The SMILES string of the molecule is COC(=O)c1ccc2[nH]c(C)c(Cc3ccc(C(F)(F)F)cc3Cl)c2c1. The third-order valence-electron chi connectivity index (χ3n) is 4.29. The topological polar surface area (TPSA) is 42.1 Å². The third kappa shape index (κ3) is 3.42. The number of carbonyl (C=O) groups is 1. The second kappa shape index (κ2) is 6.68. The second-order valence-corrected chi connectivity index (χ2v) is 6.37. The molecule has 3 rings (SSSR count). The van der Waals surface area contributed by atoms with Crippen LogP contribution in [0.25, 0.3) is 10.9 Å². The first kappa shape index (κ1) is 18.3. The van der Waals surface area contributed by atoms with Gasteiger partial charge in [-0.3, -0.25) is 0 Å². The van der Waals surface area contributed by atoms with Crippen molar-refractivity contribution in [2.24, 2.45) is 0 Å². The van der Waals surface area contributed by atoms with Gasteiger partial charge in [0.15, 0.2) is 0 Å². The number of benzene rings is 2. The van der Waals surface area contributed by atoms with Gasteiger partial charge in [-0.05, 0) is 48.4 Å². The molecule has 136 valence electrons. The number of aryl methyl sites for hydroxylation is 1. The smallest absolute Gasteiger partial charge is 0.416 e. The van der Waals surface area contributed by atoms with Crippen molar-refractivity contribution in [3.05, 3.63) is 69.4 Å². The molecule has 1 heterocycles. The van der Waals surface area contributed by atoms with Crippen molar-refractivity contribution in [2.75, 3.05) is 7.11 Å². The number of esters is 1. The first-order chi connectivity index (χ1) is 12.2. The number of carbonyl (C=O) groups excluding carboxylic acids is 1. The lowest BCUT2D eigenvalue weighted by atomic mass is 9.99. The Bertz CT molecular complexity index is 992. The molecule has 0 unspecified atom stereocenters. The van der Waals surface area contributed by atoms with Crippen LogP contribution in [0.5, 0.6) is 0 Å². The normalized spacial score (nSPS) is 11.8. The monoisotopic (exact) mass is 381 g/mol. The van der Waals surface area contributed by atoms with E-state index in [4.69, 9.17) is 16.3 Å². The fraction of sp³-hybridized carbons (Fsp3) is 0.211. The summed E-state index contributed by atoms with van der Waals surface area (Å²) < 4.78 is 43.1. The van der Waals surface area contributed by atoms with Gasteiger partial charge in [-0.2, -0.15) is 13.2 Å². The van der Waals surface area contributed by atoms with Crippen molar-refractivity contribution in [2.45, 2.75) is 19.5 Å². The summed E-state index contributed by atoms with van der Waals surface area (Å²) in [7, 11) is 1.30. The van der Waals surface area contributed by atoms with E-state index in [9.17, 15) is 18.0 Å². The van der Waals surface area contributed by atoms with Gasteiger partial charge in [0.05, 0.1) is 18.2 Å². The third-order valence-corrected chi connectivity index (χ3v) is 4.64. The van der Waals surface area contributed by atoms with Gasteiger partial charge >= 0.3 is 12.1 Å². The van der Waals surface area contributed by atoms with Crippen molar-refractivity contribution in [3.63, 3.8) is 0 Å². The first-order valence-corrected chi connectivity index (χ1v) is 8.13. The van der Waals surface area contributed by atoms with Gasteiger partial charge in [0.1, 0.15) is 0 Å². The fourth-order valence-corrected chi connectivity index (χ4v) is 3.16. The number of ether oxygens (including phenoxy) is 1. The van der Waals surface area contributed by atoms with Crippen LogP contribution in [-0.2, 0) is 17.3 Å². The Kier molecular flexibility index (Phi) is 4.71. The number of nitrogens with one attached hydrogen (secondary N) is 1. The average molecular weight is 382 g/mol. The molecule has 7 heteroatoms. The molecule has 2 aromatic carbocycles. The van der Waals surface area contributed by atoms with Crippen LogP contribution in [0.4, 0.5) is 13.2 Å². The maximum absolute atomic E-state index is 12.8. The number of aromatic nitrogens is 1. The van der Waals surface area contributed by atoms with Crippen molar-refractivity contribution in [1.29, 1.82) is 0 Å². The van der Waals surface area contributed by atoms with E-state index in [1.54, 1.807) is 18.2 Å². The molecule has 0 saturated carbocycles. The highest BCUT2D eigenvalue weighted by Crippen LogP contribution is 2.34. The van der Waals surface area contributed by atoms with Crippen LogP contribution in [0.1, 0.15) is 32.7 Å². The Morgan fingerprint density at radius 2 is 1.92 bits per heavy atom. The van der Waals surface area contributed by atoms with Crippen molar-refractivity contribution >= 4 is 28.5 Å². The van der Waals surface area contributed by atoms with Crippen molar-refractivity contribution < 1.29 is 22.7 Å². The van der Waals surface area contributed by atoms with Crippen LogP contribution in [-0.4, -0.2) is 18.1 Å². The van der Waals surface area contributed by atoms with Crippen LogP contribution in [0.3, 0.4) is 0 Å². The summed E-state index contributed by atoms with van der Waals surface area (Å²) in [5.74, 6) is -0.454. The standard InChI is InChI=1S/C19H15ClF3NO2/c1-10-14(7-11-3-5-13(9-16(11)20)19(21,22)23)15-8-12(18(25)26-2)4-6-17(15)24-10/h3-6,8-9,24H,7H2,1-2H3. The molecule has 0 amide bonds. The van der Waals surface area contributed by atoms with Gasteiger partial charge in [-0.1, -0.05) is 17.7 Å². The largest absolute Gasteiger partial charge is 0.465 e. The summed E-state index contributed by atoms with van der Waals surface area (Å²) in [4.78, 5) is 15.0. The Hall–Kier alpha value is -2.47. The molecular weight excluding hydrogens is 367 g/mol. The first-order valence-electron chi connectivity index (χ1n) is 7.76. The average Bonchev–Trinajstić information content (AvgIpc) is 2.89. The minimum atomic E-state index is -4.44. The maximum Gasteiger partial charge on any atom is 0.416 e. The van der Waals surface area contributed by atoms with Crippen LogP contribution in [0.2, 0.25) is 5.02 Å². The number of rotatable bonds is 3. The number of methoxy groups -OCH3 is 1. The minimum absolute atomic E-state index is 0.0534. The van der Waals surface area contributed by atoms with E-state index in [0.29, 0.717) is 17.5 Å². The molecule has 3 nitrogen and oxygen atoms in total. The summed E-state index contributed by atoms with van der Waals surface area (Å²) in [6.07, 6.45) is -4.10. The number of hydrogen-bond donors (Lipinski definition) is 1. The highest BCUT2D eigenvalue weighted by atomic mass is 35.5. The summed E-state index contributed by atoms with van der Waals surface area (Å²) in [6.45, 7) is 1.87. The van der Waals surface area contributed by atoms with E-state index < -0.39 is 17.7 Å². The molecule has 26 heavy (non-hydrogen) atoms. The summed E-state index contributed by atoms with van der Waals surface area (Å²) in [5.41, 5.74) is 2.75. The number of hydrogen-bond acceptors (Lipinski definition) is 2. The number of alkyl halides is 3. The molecule has 0 bridgehead atoms. The van der Waals surface area contributed by atoms with E-state index in [2.05, 4.69) is 4.98 Å². The zero-order valence-electron chi connectivity index (χ0n) is 14.0. The lowest BCUT2D eigenvalue weighted by Crippen LogP contribution is -2.05. The van der Waals surface area contributed by atoms with Crippen molar-refractivity contribution in [3.8, 4) is 0 Å².